The zero-order valence-corrected chi connectivity index (χ0v) is 22.7. The number of benzene rings is 1. The van der Waals surface area contributed by atoms with Gasteiger partial charge in [0.15, 0.2) is 23.0 Å². The topological polar surface area (TPSA) is 90.8 Å². The van der Waals surface area contributed by atoms with Crippen LogP contribution in [0.4, 0.5) is 17.6 Å². The van der Waals surface area contributed by atoms with Crippen molar-refractivity contribution in [3.8, 4) is 17.3 Å². The van der Waals surface area contributed by atoms with Gasteiger partial charge in [0.05, 0.1) is 11.6 Å². The van der Waals surface area contributed by atoms with Gasteiger partial charge in [-0.1, -0.05) is 12.1 Å². The number of halogens is 6. The summed E-state index contributed by atoms with van der Waals surface area (Å²) in [6.45, 7) is 2.36. The van der Waals surface area contributed by atoms with Gasteiger partial charge in [0.1, 0.15) is 18.3 Å². The maximum atomic E-state index is 14.5. The quantitative estimate of drug-likeness (QED) is 0.304. The first kappa shape index (κ1) is 30.8. The van der Waals surface area contributed by atoms with Crippen LogP contribution in [0.1, 0.15) is 24.9 Å². The van der Waals surface area contributed by atoms with Crippen molar-refractivity contribution in [3.63, 3.8) is 0 Å². The largest absolute Gasteiger partial charge is 0.488 e. The Morgan fingerprint density at radius 1 is 1.13 bits per heavy atom. The number of methoxy groups -OCH3 is 1. The fourth-order valence-electron chi connectivity index (χ4n) is 4.53. The maximum Gasteiger partial charge on any atom is 0.408 e. The average molecular weight is 591 g/mol. The van der Waals surface area contributed by atoms with Crippen molar-refractivity contribution < 1.29 is 27.0 Å². The van der Waals surface area contributed by atoms with Crippen molar-refractivity contribution >= 4 is 41.4 Å². The summed E-state index contributed by atoms with van der Waals surface area (Å²) in [4.78, 5) is 5.93. The number of pyridine rings is 2. The lowest BCUT2D eigenvalue weighted by Gasteiger charge is -2.30. The third-order valence-corrected chi connectivity index (χ3v) is 6.52. The molecule has 1 aliphatic heterocycles. The lowest BCUT2D eigenvalue weighted by atomic mass is 10.1. The highest BCUT2D eigenvalue weighted by Crippen LogP contribution is 2.39. The van der Waals surface area contributed by atoms with E-state index in [4.69, 9.17) is 15.2 Å². The van der Waals surface area contributed by atoms with Gasteiger partial charge in [0.25, 0.3) is 0 Å². The molecule has 14 heteroatoms. The molecule has 5 rings (SSSR count). The highest BCUT2D eigenvalue weighted by Gasteiger charge is 2.46. The van der Waals surface area contributed by atoms with Crippen molar-refractivity contribution in [2.24, 2.45) is 5.73 Å². The number of hydrogen-bond acceptors (Lipinski definition) is 7. The van der Waals surface area contributed by atoms with Gasteiger partial charge in [0, 0.05) is 43.9 Å². The molecular formula is C25H28Cl2F4N6O2. The van der Waals surface area contributed by atoms with E-state index in [-0.39, 0.29) is 73.8 Å². The van der Waals surface area contributed by atoms with Crippen LogP contribution in [0.25, 0.3) is 28.1 Å². The summed E-state index contributed by atoms with van der Waals surface area (Å²) >= 11 is 0. The van der Waals surface area contributed by atoms with Crippen molar-refractivity contribution in [2.75, 3.05) is 26.8 Å². The second-order valence-corrected chi connectivity index (χ2v) is 9.23. The van der Waals surface area contributed by atoms with E-state index < -0.39 is 18.0 Å². The summed E-state index contributed by atoms with van der Waals surface area (Å²) in [6.07, 6.45) is -2.83. The number of alkyl halides is 3. The molecule has 0 spiro atoms. The average Bonchev–Trinajstić information content (AvgIpc) is 3.47. The van der Waals surface area contributed by atoms with Gasteiger partial charge in [-0.25, -0.2) is 9.37 Å². The zero-order chi connectivity index (χ0) is 26.3. The fraction of sp³-hybridized carbons (Fsp3) is 0.400. The molecule has 2 N–H and O–H groups in total. The van der Waals surface area contributed by atoms with E-state index in [9.17, 15) is 17.6 Å². The molecule has 4 aromatic rings. The fourth-order valence-corrected chi connectivity index (χ4v) is 4.53. The van der Waals surface area contributed by atoms with Crippen molar-refractivity contribution in [1.82, 2.24) is 24.5 Å². The zero-order valence-electron chi connectivity index (χ0n) is 21.1. The number of nitrogens with two attached hydrogens (primary N) is 1. The van der Waals surface area contributed by atoms with E-state index in [1.54, 1.807) is 19.1 Å². The van der Waals surface area contributed by atoms with Crippen molar-refractivity contribution in [2.45, 2.75) is 37.7 Å². The summed E-state index contributed by atoms with van der Waals surface area (Å²) in [6, 6.07) is 6.89. The monoisotopic (exact) mass is 590 g/mol. The van der Waals surface area contributed by atoms with E-state index in [0.29, 0.717) is 28.7 Å². The Labute approximate surface area is 234 Å². The predicted octanol–water partition coefficient (Wildman–Crippen LogP) is 4.98. The van der Waals surface area contributed by atoms with Gasteiger partial charge < -0.3 is 15.2 Å². The SMILES string of the molecule is COC(C)COc1cc2nc(-c3nnc4ccc([C@@H](N5CCC(N)C5)C(F)(F)F)cn34)ccc2cc1F.Cl.Cl. The lowest BCUT2D eigenvalue weighted by Crippen LogP contribution is -2.38. The molecule has 4 heterocycles. The first-order chi connectivity index (χ1) is 17.6. The normalized spacial score (nSPS) is 17.6. The number of likely N-dealkylation sites (tertiary alicyclic amines) is 1. The van der Waals surface area contributed by atoms with Crippen LogP contribution in [0, 0.1) is 5.82 Å². The van der Waals surface area contributed by atoms with Crippen LogP contribution in [-0.4, -0.2) is 69.6 Å². The Balaban J connectivity index is 0.00000210. The predicted molar refractivity (Wildman–Crippen MR) is 143 cm³/mol. The van der Waals surface area contributed by atoms with E-state index in [0.717, 1.165) is 0 Å². The molecular weight excluding hydrogens is 563 g/mol. The molecule has 212 valence electrons. The van der Waals surface area contributed by atoms with Crippen LogP contribution in [0.3, 0.4) is 0 Å². The second kappa shape index (κ2) is 12.2. The first-order valence-electron chi connectivity index (χ1n) is 11.8. The standard InChI is InChI=1S/C25H26F4N6O2.2ClH/c1-14(36-2)13-37-21-10-20-15(9-18(21)26)3-5-19(31-20)24-33-32-22-6-4-16(11-35(22)24)23(25(27,28)29)34-8-7-17(30)12-34;;/h3-6,9-11,14,17,23H,7-8,12-13,30H2,1-2H3;2*1H/t14?,17?,23-;;/m1../s1. The number of aromatic nitrogens is 4. The van der Waals surface area contributed by atoms with Gasteiger partial charge in [-0.3, -0.25) is 9.30 Å². The molecule has 39 heavy (non-hydrogen) atoms. The van der Waals surface area contributed by atoms with Gasteiger partial charge in [0.2, 0.25) is 0 Å². The Morgan fingerprint density at radius 2 is 1.90 bits per heavy atom. The molecule has 0 saturated carbocycles. The van der Waals surface area contributed by atoms with Crippen LogP contribution >= 0.6 is 24.8 Å². The molecule has 0 amide bonds. The Kier molecular flexibility index (Phi) is 9.60. The molecule has 0 bridgehead atoms. The van der Waals surface area contributed by atoms with E-state index in [1.165, 1.54) is 46.9 Å². The van der Waals surface area contributed by atoms with Crippen LogP contribution in [0.2, 0.25) is 0 Å². The number of fused-ring (bicyclic) bond motifs is 2. The maximum absolute atomic E-state index is 14.5. The summed E-state index contributed by atoms with van der Waals surface area (Å²) in [5.41, 5.74) is 7.12. The number of nitrogens with zero attached hydrogens (tertiary/aromatic N) is 5. The highest BCUT2D eigenvalue weighted by molar-refractivity contribution is 5.85. The Morgan fingerprint density at radius 3 is 2.56 bits per heavy atom. The number of hydrogen-bond donors (Lipinski definition) is 1. The Hall–Kier alpha value is -2.77. The molecule has 0 radical (unpaired) electrons. The minimum Gasteiger partial charge on any atom is -0.488 e. The third-order valence-electron chi connectivity index (χ3n) is 6.52. The highest BCUT2D eigenvalue weighted by atomic mass is 35.5. The number of rotatable bonds is 7. The molecule has 1 fully saturated rings. The molecule has 1 aromatic carbocycles. The van der Waals surface area contributed by atoms with Crippen molar-refractivity contribution in [3.05, 3.63) is 54.0 Å². The van der Waals surface area contributed by atoms with E-state index in [1.807, 2.05) is 0 Å². The van der Waals surface area contributed by atoms with Gasteiger partial charge in [-0.2, -0.15) is 13.2 Å². The van der Waals surface area contributed by atoms with Crippen LogP contribution in [0.15, 0.2) is 42.6 Å². The molecule has 0 aliphatic carbocycles. The molecule has 3 atom stereocenters. The van der Waals surface area contributed by atoms with Crippen LogP contribution in [-0.2, 0) is 4.74 Å². The summed E-state index contributed by atoms with van der Waals surface area (Å²) < 4.78 is 69.0. The smallest absolute Gasteiger partial charge is 0.408 e. The molecule has 8 nitrogen and oxygen atoms in total. The molecule has 1 aliphatic rings. The first-order valence-corrected chi connectivity index (χ1v) is 11.8. The number of ether oxygens (including phenoxy) is 2. The van der Waals surface area contributed by atoms with Crippen LogP contribution < -0.4 is 10.5 Å². The summed E-state index contributed by atoms with van der Waals surface area (Å²) in [5, 5.41) is 8.80. The molecule has 1 saturated heterocycles. The van der Waals surface area contributed by atoms with Crippen molar-refractivity contribution in [1.29, 1.82) is 0 Å². The Bertz CT molecular complexity index is 1440. The summed E-state index contributed by atoms with van der Waals surface area (Å²) in [7, 11) is 1.53. The van der Waals surface area contributed by atoms with E-state index >= 15 is 0 Å². The van der Waals surface area contributed by atoms with Gasteiger partial charge in [-0.15, -0.1) is 35.0 Å². The minimum absolute atomic E-state index is 0. The molecule has 2 unspecified atom stereocenters. The minimum atomic E-state index is -4.49. The van der Waals surface area contributed by atoms with E-state index in [2.05, 4.69) is 15.2 Å². The van der Waals surface area contributed by atoms with Crippen LogP contribution in [0.5, 0.6) is 5.75 Å². The molecule has 3 aromatic heterocycles. The third kappa shape index (κ3) is 6.36. The van der Waals surface area contributed by atoms with Gasteiger partial charge in [-0.05, 0) is 37.1 Å². The summed E-state index contributed by atoms with van der Waals surface area (Å²) in [5.74, 6) is -0.258. The second-order valence-electron chi connectivity index (χ2n) is 9.23. The lowest BCUT2D eigenvalue weighted by molar-refractivity contribution is -0.183. The van der Waals surface area contributed by atoms with Gasteiger partial charge >= 0.3 is 6.18 Å².